The molecule has 2 N–H and O–H groups in total. The molecule has 8 heteroatoms. The zero-order valence-electron chi connectivity index (χ0n) is 19.1. The molecule has 0 radical (unpaired) electrons. The number of carbonyl (C=O) groups is 2. The highest BCUT2D eigenvalue weighted by Crippen LogP contribution is 2.30. The summed E-state index contributed by atoms with van der Waals surface area (Å²) in [4.78, 5) is 35.3. The highest BCUT2D eigenvalue weighted by Gasteiger charge is 2.43. The molecule has 1 aliphatic rings. The molecular weight excluding hydrogens is 433 g/mol. The van der Waals surface area contributed by atoms with Crippen molar-refractivity contribution in [2.45, 2.75) is 37.9 Å². The predicted octanol–water partition coefficient (Wildman–Crippen LogP) is 3.97. The average molecular weight is 462 g/mol. The number of nitrogens with zero attached hydrogens (tertiary/aromatic N) is 3. The Bertz CT molecular complexity index is 1120. The van der Waals surface area contributed by atoms with E-state index in [9.17, 15) is 9.59 Å². The van der Waals surface area contributed by atoms with Crippen molar-refractivity contribution in [3.63, 3.8) is 0 Å². The number of nitrogens with one attached hydrogen (secondary N) is 2. The summed E-state index contributed by atoms with van der Waals surface area (Å²) >= 11 is 0. The Morgan fingerprint density at radius 3 is 2.38 bits per heavy atom. The maximum atomic E-state index is 15.8. The van der Waals surface area contributed by atoms with Crippen LogP contribution in [0.5, 0.6) is 0 Å². The summed E-state index contributed by atoms with van der Waals surface area (Å²) in [7, 11) is 0. The predicted molar refractivity (Wildman–Crippen MR) is 128 cm³/mol. The topological polar surface area (TPSA) is 87.2 Å². The van der Waals surface area contributed by atoms with Gasteiger partial charge in [-0.2, -0.15) is 0 Å². The second-order valence-electron chi connectivity index (χ2n) is 8.50. The minimum Gasteiger partial charge on any atom is -0.338 e. The molecule has 1 atom stereocenters. The van der Waals surface area contributed by atoms with Gasteiger partial charge in [0.2, 0.25) is 5.91 Å². The molecule has 0 unspecified atom stereocenters. The maximum absolute atomic E-state index is 15.8. The maximum Gasteiger partial charge on any atom is 0.281 e. The third kappa shape index (κ3) is 5.75. The van der Waals surface area contributed by atoms with Gasteiger partial charge in [-0.3, -0.25) is 9.59 Å². The number of carbonyl (C=O) groups excluding carboxylic acids is 2. The lowest BCUT2D eigenvalue weighted by Crippen LogP contribution is -2.58. The number of hydrogen-bond acceptors (Lipinski definition) is 5. The van der Waals surface area contributed by atoms with E-state index in [1.54, 1.807) is 30.5 Å². The fourth-order valence-electron chi connectivity index (χ4n) is 4.27. The van der Waals surface area contributed by atoms with Gasteiger partial charge in [-0.15, -0.1) is 0 Å². The molecule has 3 aromatic rings. The second kappa shape index (κ2) is 10.4. The first-order valence-corrected chi connectivity index (χ1v) is 11.4. The van der Waals surface area contributed by atoms with Gasteiger partial charge in [0.1, 0.15) is 11.6 Å². The van der Waals surface area contributed by atoms with Crippen LogP contribution in [-0.4, -0.2) is 45.6 Å². The molecule has 34 heavy (non-hydrogen) atoms. The summed E-state index contributed by atoms with van der Waals surface area (Å²) < 4.78 is 15.8. The molecule has 1 saturated heterocycles. The van der Waals surface area contributed by atoms with E-state index in [2.05, 4.69) is 15.6 Å². The van der Waals surface area contributed by atoms with Crippen LogP contribution in [-0.2, 0) is 16.0 Å². The smallest absolute Gasteiger partial charge is 0.281 e. The quantitative estimate of drug-likeness (QED) is 0.520. The van der Waals surface area contributed by atoms with Crippen LogP contribution in [0.4, 0.5) is 16.0 Å². The molecule has 3 heterocycles. The summed E-state index contributed by atoms with van der Waals surface area (Å²) in [5, 5.41) is 5.45. The van der Waals surface area contributed by atoms with E-state index in [0.717, 1.165) is 5.69 Å². The van der Waals surface area contributed by atoms with Crippen molar-refractivity contribution in [2.24, 2.45) is 0 Å². The van der Waals surface area contributed by atoms with Crippen molar-refractivity contribution in [3.05, 3.63) is 84.2 Å². The van der Waals surface area contributed by atoms with Crippen LogP contribution in [0.15, 0.2) is 72.9 Å². The van der Waals surface area contributed by atoms with Crippen LogP contribution >= 0.6 is 0 Å². The number of anilines is 2. The molecule has 2 amide bonds. The first kappa shape index (κ1) is 23.4. The zero-order chi connectivity index (χ0) is 24.0. The number of pyridine rings is 2. The van der Waals surface area contributed by atoms with E-state index in [1.807, 2.05) is 42.5 Å². The van der Waals surface area contributed by atoms with Gasteiger partial charge < -0.3 is 15.5 Å². The molecule has 0 spiro atoms. The van der Waals surface area contributed by atoms with Crippen molar-refractivity contribution in [1.82, 2.24) is 20.2 Å². The van der Waals surface area contributed by atoms with Gasteiger partial charge in [-0.25, -0.2) is 14.4 Å². The SMILES string of the molecule is CC(=O)N[C@@](F)(Cc1ccccc1)C(=O)N1CCC(c2cccc(Nc3ccccn3)n2)CC1. The van der Waals surface area contributed by atoms with Crippen LogP contribution in [0.1, 0.15) is 36.9 Å². The lowest BCUT2D eigenvalue weighted by atomic mass is 9.92. The standard InChI is InChI=1S/C26H28FN5O2/c1-19(33)31-26(27,18-20-8-3-2-4-9-20)25(34)32-16-13-21(14-17-32)22-10-7-12-24(29-22)30-23-11-5-6-15-28-23/h2-12,15,21H,13-14,16-18H2,1H3,(H,31,33)(H,28,29,30)/t26-/m0/s1. The lowest BCUT2D eigenvalue weighted by Gasteiger charge is -2.36. The molecule has 0 bridgehead atoms. The Hall–Kier alpha value is -3.81. The second-order valence-corrected chi connectivity index (χ2v) is 8.50. The normalized spacial score (nSPS) is 15.9. The molecule has 0 saturated carbocycles. The van der Waals surface area contributed by atoms with E-state index < -0.39 is 17.6 Å². The Morgan fingerprint density at radius 2 is 1.71 bits per heavy atom. The molecule has 1 fully saturated rings. The Morgan fingerprint density at radius 1 is 1.00 bits per heavy atom. The minimum absolute atomic E-state index is 0.151. The summed E-state index contributed by atoms with van der Waals surface area (Å²) in [5.74, 6) is -2.20. The Kier molecular flexibility index (Phi) is 7.15. The highest BCUT2D eigenvalue weighted by atomic mass is 19.1. The third-order valence-electron chi connectivity index (χ3n) is 5.90. The fraction of sp³-hybridized carbons (Fsp3) is 0.308. The molecule has 4 rings (SSSR count). The van der Waals surface area contributed by atoms with Gasteiger partial charge in [0.05, 0.1) is 0 Å². The van der Waals surface area contributed by atoms with Crippen LogP contribution < -0.4 is 10.6 Å². The van der Waals surface area contributed by atoms with Crippen molar-refractivity contribution in [3.8, 4) is 0 Å². The summed E-state index contributed by atoms with van der Waals surface area (Å²) in [6, 6.07) is 20.3. The average Bonchev–Trinajstić information content (AvgIpc) is 2.84. The van der Waals surface area contributed by atoms with Gasteiger partial charge in [-0.1, -0.05) is 42.5 Å². The number of hydrogen-bond donors (Lipinski definition) is 2. The molecule has 2 aromatic heterocycles. The Balaban J connectivity index is 1.41. The Labute approximate surface area is 198 Å². The first-order valence-electron chi connectivity index (χ1n) is 11.4. The van der Waals surface area contributed by atoms with Gasteiger partial charge in [0.15, 0.2) is 0 Å². The molecular formula is C26H28FN5O2. The van der Waals surface area contributed by atoms with Gasteiger partial charge in [0.25, 0.3) is 11.7 Å². The number of halogens is 1. The van der Waals surface area contributed by atoms with Crippen molar-refractivity contribution < 1.29 is 14.0 Å². The number of rotatable bonds is 7. The van der Waals surface area contributed by atoms with Crippen LogP contribution in [0.25, 0.3) is 0 Å². The highest BCUT2D eigenvalue weighted by molar-refractivity contribution is 5.89. The van der Waals surface area contributed by atoms with Crippen molar-refractivity contribution in [1.29, 1.82) is 0 Å². The number of aromatic nitrogens is 2. The molecule has 0 aliphatic carbocycles. The number of amides is 2. The fourth-order valence-corrected chi connectivity index (χ4v) is 4.27. The number of alkyl halides is 1. The molecule has 7 nitrogen and oxygen atoms in total. The zero-order valence-corrected chi connectivity index (χ0v) is 19.1. The lowest BCUT2D eigenvalue weighted by molar-refractivity contribution is -0.151. The van der Waals surface area contributed by atoms with Crippen LogP contribution in [0.3, 0.4) is 0 Å². The van der Waals surface area contributed by atoms with E-state index in [-0.39, 0.29) is 12.3 Å². The van der Waals surface area contributed by atoms with E-state index in [4.69, 9.17) is 4.98 Å². The van der Waals surface area contributed by atoms with Gasteiger partial charge >= 0.3 is 0 Å². The largest absolute Gasteiger partial charge is 0.338 e. The molecule has 176 valence electrons. The van der Waals surface area contributed by atoms with Crippen LogP contribution in [0, 0.1) is 0 Å². The minimum atomic E-state index is -2.48. The number of likely N-dealkylation sites (tertiary alicyclic amines) is 1. The van der Waals surface area contributed by atoms with E-state index in [0.29, 0.717) is 43.1 Å². The molecule has 1 aromatic carbocycles. The monoisotopic (exact) mass is 461 g/mol. The van der Waals surface area contributed by atoms with E-state index >= 15 is 4.39 Å². The summed E-state index contributed by atoms with van der Waals surface area (Å²) in [5.41, 5.74) is 1.56. The summed E-state index contributed by atoms with van der Waals surface area (Å²) in [6.45, 7) is 2.00. The van der Waals surface area contributed by atoms with Crippen LogP contribution in [0.2, 0.25) is 0 Å². The third-order valence-corrected chi connectivity index (χ3v) is 5.90. The van der Waals surface area contributed by atoms with Crippen molar-refractivity contribution in [2.75, 3.05) is 18.4 Å². The number of benzene rings is 1. The van der Waals surface area contributed by atoms with E-state index in [1.165, 1.54) is 11.8 Å². The van der Waals surface area contributed by atoms with Gasteiger partial charge in [-0.05, 0) is 42.7 Å². The first-order chi connectivity index (χ1) is 16.4. The summed E-state index contributed by atoms with van der Waals surface area (Å²) in [6.07, 6.45) is 2.82. The van der Waals surface area contributed by atoms with Crippen molar-refractivity contribution >= 4 is 23.5 Å². The molecule has 1 aliphatic heterocycles. The number of piperidine rings is 1. The van der Waals surface area contributed by atoms with Gasteiger partial charge in [0, 0.05) is 44.2 Å².